The fraction of sp³-hybridized carbons (Fsp3) is 0.632. The summed E-state index contributed by atoms with van der Waals surface area (Å²) in [5.41, 5.74) is 1.06. The lowest BCUT2D eigenvalue weighted by Gasteiger charge is -2.47. The van der Waals surface area contributed by atoms with Gasteiger partial charge in [-0.2, -0.15) is 0 Å². The molecule has 1 N–H and O–H groups in total. The zero-order chi connectivity index (χ0) is 18.6. The third-order valence-corrected chi connectivity index (χ3v) is 4.85. The number of carboxylic acids is 1. The summed E-state index contributed by atoms with van der Waals surface area (Å²) in [4.78, 5) is 16.1. The number of nitrogens with zero attached hydrogens (tertiary/aromatic N) is 2. The lowest BCUT2D eigenvalue weighted by molar-refractivity contribution is -0.144. The zero-order valence-electron chi connectivity index (χ0n) is 15.9. The van der Waals surface area contributed by atoms with Gasteiger partial charge in [-0.15, -0.1) is 0 Å². The number of aliphatic carboxylic acids is 1. The number of piperazine rings is 1. The van der Waals surface area contributed by atoms with Crippen LogP contribution in [0.3, 0.4) is 0 Å². The van der Waals surface area contributed by atoms with Crippen molar-refractivity contribution in [2.75, 3.05) is 33.3 Å². The van der Waals surface area contributed by atoms with Crippen LogP contribution >= 0.6 is 0 Å². The number of rotatable bonds is 7. The van der Waals surface area contributed by atoms with Gasteiger partial charge in [0, 0.05) is 37.3 Å². The van der Waals surface area contributed by atoms with Crippen LogP contribution in [0.25, 0.3) is 0 Å². The van der Waals surface area contributed by atoms with Gasteiger partial charge in [0.1, 0.15) is 0 Å². The number of carbonyl (C=O) groups is 1. The Bertz CT molecular complexity index is 603. The van der Waals surface area contributed by atoms with Gasteiger partial charge in [0.2, 0.25) is 0 Å². The van der Waals surface area contributed by atoms with Crippen LogP contribution in [0, 0.1) is 0 Å². The van der Waals surface area contributed by atoms with Crippen LogP contribution in [0.4, 0.5) is 0 Å². The van der Waals surface area contributed by atoms with Crippen molar-refractivity contribution in [2.24, 2.45) is 0 Å². The molecule has 0 aliphatic carbocycles. The smallest absolute Gasteiger partial charge is 0.344 e. The number of hydrogen-bond donors (Lipinski definition) is 1. The maximum Gasteiger partial charge on any atom is 0.344 e. The summed E-state index contributed by atoms with van der Waals surface area (Å²) in [6.45, 7) is 12.9. The molecule has 2 rings (SSSR count). The third kappa shape index (κ3) is 4.64. The Kier molecular flexibility index (Phi) is 6.30. The summed E-state index contributed by atoms with van der Waals surface area (Å²) >= 11 is 0. The Morgan fingerprint density at radius 1 is 1.36 bits per heavy atom. The molecule has 1 heterocycles. The number of likely N-dealkylation sites (N-methyl/N-ethyl adjacent to an activating group) is 1. The second-order valence-electron chi connectivity index (χ2n) is 7.15. The van der Waals surface area contributed by atoms with Crippen LogP contribution in [0.2, 0.25) is 0 Å². The molecule has 1 aromatic carbocycles. The van der Waals surface area contributed by atoms with Gasteiger partial charge in [-0.05, 0) is 33.4 Å². The molecule has 25 heavy (non-hydrogen) atoms. The van der Waals surface area contributed by atoms with Crippen molar-refractivity contribution >= 4 is 5.97 Å². The topological polar surface area (TPSA) is 62.2 Å². The predicted molar refractivity (Wildman–Crippen MR) is 97.3 cm³/mol. The lowest BCUT2D eigenvalue weighted by Crippen LogP contribution is -2.58. The Balaban J connectivity index is 2.20. The number of carboxylic acid groups (broad SMARTS) is 1. The molecule has 0 unspecified atom stereocenters. The highest BCUT2D eigenvalue weighted by atomic mass is 16.5. The van der Waals surface area contributed by atoms with Crippen LogP contribution in [0.1, 0.15) is 33.3 Å². The van der Waals surface area contributed by atoms with E-state index in [1.165, 1.54) is 6.92 Å². The van der Waals surface area contributed by atoms with E-state index in [1.807, 2.05) is 12.1 Å². The molecule has 0 aromatic heterocycles. The summed E-state index contributed by atoms with van der Waals surface area (Å²) in [6, 6.07) is 5.69. The van der Waals surface area contributed by atoms with Gasteiger partial charge < -0.3 is 14.6 Å². The molecule has 0 spiro atoms. The van der Waals surface area contributed by atoms with Crippen LogP contribution in [0.15, 0.2) is 18.2 Å². The first kappa shape index (κ1) is 19.5. The quantitative estimate of drug-likeness (QED) is 0.815. The number of benzene rings is 1. The van der Waals surface area contributed by atoms with Crippen LogP contribution < -0.4 is 9.47 Å². The van der Waals surface area contributed by atoms with Crippen molar-refractivity contribution < 1.29 is 19.4 Å². The van der Waals surface area contributed by atoms with Crippen molar-refractivity contribution in [3.63, 3.8) is 0 Å². The molecule has 0 amide bonds. The second kappa shape index (κ2) is 8.06. The molecule has 1 saturated heterocycles. The molecular formula is C19H30N2O4. The molecule has 1 aliphatic rings. The second-order valence-corrected chi connectivity index (χ2v) is 7.15. The highest BCUT2D eigenvalue weighted by Crippen LogP contribution is 2.34. The first-order valence-electron chi connectivity index (χ1n) is 8.81. The number of ether oxygens (including phenoxy) is 2. The number of hydrogen-bond acceptors (Lipinski definition) is 5. The first-order chi connectivity index (χ1) is 11.8. The molecule has 6 nitrogen and oxygen atoms in total. The fourth-order valence-electron chi connectivity index (χ4n) is 3.46. The minimum absolute atomic E-state index is 0.112. The molecular weight excluding hydrogens is 320 g/mol. The SMILES string of the molecule is CCN1CCN(Cc2cccc(OC)c2O[C@H](C)C(=O)O)CC1(C)C. The highest BCUT2D eigenvalue weighted by molar-refractivity contribution is 5.72. The van der Waals surface area contributed by atoms with Crippen LogP contribution in [-0.2, 0) is 11.3 Å². The minimum atomic E-state index is -0.991. The van der Waals surface area contributed by atoms with E-state index < -0.39 is 12.1 Å². The molecule has 6 heteroatoms. The van der Waals surface area contributed by atoms with Crippen LogP contribution in [0.5, 0.6) is 11.5 Å². The number of para-hydroxylation sites is 1. The van der Waals surface area contributed by atoms with Gasteiger partial charge in [-0.25, -0.2) is 4.79 Å². The van der Waals surface area contributed by atoms with E-state index in [1.54, 1.807) is 13.2 Å². The molecule has 1 atom stereocenters. The van der Waals surface area contributed by atoms with Crippen molar-refractivity contribution in [1.29, 1.82) is 0 Å². The Labute approximate surface area is 150 Å². The fourth-order valence-corrected chi connectivity index (χ4v) is 3.46. The average molecular weight is 350 g/mol. The van der Waals surface area contributed by atoms with Gasteiger partial charge in [0.05, 0.1) is 7.11 Å². The molecule has 140 valence electrons. The van der Waals surface area contributed by atoms with E-state index in [-0.39, 0.29) is 5.54 Å². The summed E-state index contributed by atoms with van der Waals surface area (Å²) < 4.78 is 11.1. The predicted octanol–water partition coefficient (Wildman–Crippen LogP) is 2.46. The Hall–Kier alpha value is -1.79. The van der Waals surface area contributed by atoms with E-state index in [2.05, 4.69) is 30.6 Å². The molecule has 1 aliphatic heterocycles. The summed E-state index contributed by atoms with van der Waals surface area (Å²) in [7, 11) is 1.57. The van der Waals surface area contributed by atoms with E-state index in [0.29, 0.717) is 18.0 Å². The van der Waals surface area contributed by atoms with E-state index in [4.69, 9.17) is 14.6 Å². The zero-order valence-corrected chi connectivity index (χ0v) is 15.9. The Morgan fingerprint density at radius 3 is 2.64 bits per heavy atom. The highest BCUT2D eigenvalue weighted by Gasteiger charge is 2.33. The first-order valence-corrected chi connectivity index (χ1v) is 8.81. The van der Waals surface area contributed by atoms with Gasteiger partial charge >= 0.3 is 5.97 Å². The average Bonchev–Trinajstić information content (AvgIpc) is 2.55. The standard InChI is InChI=1S/C19H30N2O4/c1-6-21-11-10-20(13-19(21,3)4)12-15-8-7-9-16(24-5)17(15)25-14(2)18(22)23/h7-9,14H,6,10-13H2,1-5H3,(H,22,23)/t14-/m1/s1. The van der Waals surface area contributed by atoms with Gasteiger partial charge in [-0.3, -0.25) is 9.80 Å². The largest absolute Gasteiger partial charge is 0.493 e. The van der Waals surface area contributed by atoms with E-state index in [9.17, 15) is 4.79 Å². The third-order valence-electron chi connectivity index (χ3n) is 4.85. The van der Waals surface area contributed by atoms with Crippen LogP contribution in [-0.4, -0.2) is 65.8 Å². The van der Waals surface area contributed by atoms with Gasteiger partial charge in [0.25, 0.3) is 0 Å². The molecule has 0 radical (unpaired) electrons. The van der Waals surface area contributed by atoms with Crippen molar-refractivity contribution in [3.8, 4) is 11.5 Å². The maximum atomic E-state index is 11.2. The van der Waals surface area contributed by atoms with Gasteiger partial charge in [-0.1, -0.05) is 19.1 Å². The lowest BCUT2D eigenvalue weighted by atomic mass is 9.98. The summed E-state index contributed by atoms with van der Waals surface area (Å²) in [5, 5.41) is 9.16. The van der Waals surface area contributed by atoms with E-state index >= 15 is 0 Å². The molecule has 1 fully saturated rings. The maximum absolute atomic E-state index is 11.2. The summed E-state index contributed by atoms with van der Waals surface area (Å²) in [6.07, 6.45) is -0.927. The Morgan fingerprint density at radius 2 is 2.08 bits per heavy atom. The van der Waals surface area contributed by atoms with Gasteiger partial charge in [0.15, 0.2) is 17.6 Å². The number of methoxy groups -OCH3 is 1. The van der Waals surface area contributed by atoms with Crippen molar-refractivity contribution in [3.05, 3.63) is 23.8 Å². The normalized spacial score (nSPS) is 19.4. The van der Waals surface area contributed by atoms with E-state index in [0.717, 1.165) is 31.7 Å². The summed E-state index contributed by atoms with van der Waals surface area (Å²) in [5.74, 6) is 0.0993. The molecule has 0 saturated carbocycles. The molecule has 0 bridgehead atoms. The monoisotopic (exact) mass is 350 g/mol. The molecule has 1 aromatic rings. The van der Waals surface area contributed by atoms with Crippen molar-refractivity contribution in [2.45, 2.75) is 45.9 Å². The van der Waals surface area contributed by atoms with Crippen molar-refractivity contribution in [1.82, 2.24) is 9.80 Å². The minimum Gasteiger partial charge on any atom is -0.493 e.